The van der Waals surface area contributed by atoms with E-state index in [1.165, 1.54) is 34.9 Å². The molecule has 2 heterocycles. The molecule has 1 saturated heterocycles. The molecule has 2 aliphatic rings. The second-order valence-corrected chi connectivity index (χ2v) is 6.95. The molecule has 2 fully saturated rings. The summed E-state index contributed by atoms with van der Waals surface area (Å²) < 4.78 is 11.7. The van der Waals surface area contributed by atoms with Gasteiger partial charge in [0.2, 0.25) is 0 Å². The summed E-state index contributed by atoms with van der Waals surface area (Å²) in [6, 6.07) is 4.32. The Balaban J connectivity index is 1.49. The van der Waals surface area contributed by atoms with Crippen LogP contribution in [0.4, 0.5) is 0 Å². The van der Waals surface area contributed by atoms with Crippen LogP contribution in [0.1, 0.15) is 36.8 Å². The molecule has 0 bridgehead atoms. The van der Waals surface area contributed by atoms with Crippen molar-refractivity contribution < 1.29 is 9.47 Å². The number of methoxy groups -OCH3 is 1. The number of fused-ring (bicyclic) bond motifs is 1. The van der Waals surface area contributed by atoms with Crippen molar-refractivity contribution in [3.8, 4) is 5.75 Å². The van der Waals surface area contributed by atoms with Crippen molar-refractivity contribution in [1.82, 2.24) is 9.88 Å². The standard InChI is InChI=1S/C19H26N2O2/c1-13-11-18(22-2)17(16-5-8-20-19(13)16)12-21-9-6-15(7-10-21)23-14-3-4-14/h5,8,11,14-15,20H,3-4,6-7,9-10,12H2,1-2H3. The minimum Gasteiger partial charge on any atom is -0.496 e. The number of hydrogen-bond acceptors (Lipinski definition) is 3. The molecule has 2 aromatic rings. The number of ether oxygens (including phenoxy) is 2. The van der Waals surface area contributed by atoms with Crippen LogP contribution in [0.3, 0.4) is 0 Å². The van der Waals surface area contributed by atoms with Crippen LogP contribution in [0, 0.1) is 6.92 Å². The lowest BCUT2D eigenvalue weighted by molar-refractivity contribution is -0.00418. The first-order chi connectivity index (χ1) is 11.2. The van der Waals surface area contributed by atoms with E-state index >= 15 is 0 Å². The first kappa shape index (κ1) is 15.0. The molecule has 0 spiro atoms. The molecule has 1 aliphatic heterocycles. The van der Waals surface area contributed by atoms with Crippen LogP contribution in [-0.2, 0) is 11.3 Å². The molecule has 0 radical (unpaired) electrons. The quantitative estimate of drug-likeness (QED) is 0.916. The van der Waals surface area contributed by atoms with Gasteiger partial charge in [0.15, 0.2) is 0 Å². The zero-order chi connectivity index (χ0) is 15.8. The largest absolute Gasteiger partial charge is 0.496 e. The summed E-state index contributed by atoms with van der Waals surface area (Å²) in [4.78, 5) is 5.89. The maximum absolute atomic E-state index is 6.06. The molecule has 1 aromatic carbocycles. The zero-order valence-corrected chi connectivity index (χ0v) is 14.1. The highest BCUT2D eigenvalue weighted by atomic mass is 16.5. The van der Waals surface area contributed by atoms with Crippen molar-refractivity contribution >= 4 is 10.9 Å². The molecule has 124 valence electrons. The number of aryl methyl sites for hydroxylation is 1. The van der Waals surface area contributed by atoms with Crippen molar-refractivity contribution in [1.29, 1.82) is 0 Å². The number of piperidine rings is 1. The Bertz CT molecular complexity index is 682. The van der Waals surface area contributed by atoms with Crippen molar-refractivity contribution in [2.45, 2.75) is 51.4 Å². The van der Waals surface area contributed by atoms with E-state index in [9.17, 15) is 0 Å². The molecule has 1 aliphatic carbocycles. The monoisotopic (exact) mass is 314 g/mol. The minimum absolute atomic E-state index is 0.478. The molecule has 1 N–H and O–H groups in total. The summed E-state index contributed by atoms with van der Waals surface area (Å²) in [5.74, 6) is 1.01. The number of likely N-dealkylation sites (tertiary alicyclic amines) is 1. The average molecular weight is 314 g/mol. The average Bonchev–Trinajstić information content (AvgIpc) is 3.23. The molecule has 0 unspecified atom stereocenters. The van der Waals surface area contributed by atoms with Gasteiger partial charge in [0, 0.05) is 42.3 Å². The highest BCUT2D eigenvalue weighted by Crippen LogP contribution is 2.33. The van der Waals surface area contributed by atoms with Gasteiger partial charge < -0.3 is 14.5 Å². The predicted octanol–water partition coefficient (Wildman–Crippen LogP) is 3.63. The zero-order valence-electron chi connectivity index (χ0n) is 14.1. The SMILES string of the molecule is COc1cc(C)c2[nH]ccc2c1CN1CCC(OC2CC2)CC1. The first-order valence-electron chi connectivity index (χ1n) is 8.76. The third kappa shape index (κ3) is 3.10. The van der Waals surface area contributed by atoms with Crippen LogP contribution in [0.5, 0.6) is 5.75 Å². The van der Waals surface area contributed by atoms with Crippen molar-refractivity contribution in [3.05, 3.63) is 29.5 Å². The van der Waals surface area contributed by atoms with E-state index in [0.717, 1.165) is 38.2 Å². The maximum atomic E-state index is 6.06. The molecule has 4 rings (SSSR count). The Morgan fingerprint density at radius 2 is 1.91 bits per heavy atom. The smallest absolute Gasteiger partial charge is 0.124 e. The van der Waals surface area contributed by atoms with Crippen molar-refractivity contribution in [3.63, 3.8) is 0 Å². The van der Waals surface area contributed by atoms with E-state index in [4.69, 9.17) is 9.47 Å². The molecule has 0 amide bonds. The van der Waals surface area contributed by atoms with Crippen LogP contribution < -0.4 is 4.74 Å². The van der Waals surface area contributed by atoms with E-state index < -0.39 is 0 Å². The Kier molecular flexibility index (Phi) is 4.04. The molecule has 1 aromatic heterocycles. The van der Waals surface area contributed by atoms with Gasteiger partial charge >= 0.3 is 0 Å². The second-order valence-electron chi connectivity index (χ2n) is 6.95. The predicted molar refractivity (Wildman–Crippen MR) is 92.0 cm³/mol. The Morgan fingerprint density at radius 1 is 1.17 bits per heavy atom. The number of aromatic amines is 1. The lowest BCUT2D eigenvalue weighted by atomic mass is 10.0. The van der Waals surface area contributed by atoms with E-state index in [2.05, 4.69) is 28.9 Å². The Hall–Kier alpha value is -1.52. The Labute approximate surface area is 137 Å². The van der Waals surface area contributed by atoms with Crippen LogP contribution in [0.2, 0.25) is 0 Å². The number of nitrogens with zero attached hydrogens (tertiary/aromatic N) is 1. The lowest BCUT2D eigenvalue weighted by Gasteiger charge is -2.32. The third-order valence-electron chi connectivity index (χ3n) is 5.16. The lowest BCUT2D eigenvalue weighted by Crippen LogP contribution is -2.37. The highest BCUT2D eigenvalue weighted by Gasteiger charge is 2.29. The molecule has 4 heteroatoms. The summed E-state index contributed by atoms with van der Waals surface area (Å²) in [5.41, 5.74) is 3.77. The molecular formula is C19H26N2O2. The summed E-state index contributed by atoms with van der Waals surface area (Å²) in [5, 5.41) is 1.29. The molecule has 4 nitrogen and oxygen atoms in total. The summed E-state index contributed by atoms with van der Waals surface area (Å²) in [6.07, 6.45) is 7.92. The van der Waals surface area contributed by atoms with E-state index in [-0.39, 0.29) is 0 Å². The van der Waals surface area contributed by atoms with Crippen LogP contribution in [-0.4, -0.2) is 42.3 Å². The third-order valence-corrected chi connectivity index (χ3v) is 5.16. The van der Waals surface area contributed by atoms with Crippen molar-refractivity contribution in [2.75, 3.05) is 20.2 Å². The van der Waals surface area contributed by atoms with Gasteiger partial charge in [-0.25, -0.2) is 0 Å². The van der Waals surface area contributed by atoms with E-state index in [1.807, 2.05) is 6.20 Å². The van der Waals surface area contributed by atoms with Gasteiger partial charge in [0.1, 0.15) is 5.75 Å². The van der Waals surface area contributed by atoms with Gasteiger partial charge in [0.25, 0.3) is 0 Å². The van der Waals surface area contributed by atoms with Crippen molar-refractivity contribution in [2.24, 2.45) is 0 Å². The highest BCUT2D eigenvalue weighted by molar-refractivity contribution is 5.88. The Morgan fingerprint density at radius 3 is 2.61 bits per heavy atom. The summed E-state index contributed by atoms with van der Waals surface area (Å²) in [7, 11) is 1.77. The van der Waals surface area contributed by atoms with Crippen LogP contribution in [0.15, 0.2) is 18.3 Å². The van der Waals surface area contributed by atoms with E-state index in [0.29, 0.717) is 12.2 Å². The first-order valence-corrected chi connectivity index (χ1v) is 8.76. The van der Waals surface area contributed by atoms with Gasteiger partial charge in [0.05, 0.1) is 19.3 Å². The second kappa shape index (κ2) is 6.17. The van der Waals surface area contributed by atoms with Gasteiger partial charge in [-0.05, 0) is 50.3 Å². The number of nitrogens with one attached hydrogen (secondary N) is 1. The number of H-pyrrole nitrogens is 1. The molecule has 0 atom stereocenters. The topological polar surface area (TPSA) is 37.5 Å². The fourth-order valence-electron chi connectivity index (χ4n) is 3.68. The number of hydrogen-bond donors (Lipinski definition) is 1. The van der Waals surface area contributed by atoms with Gasteiger partial charge in [-0.2, -0.15) is 0 Å². The van der Waals surface area contributed by atoms with Crippen LogP contribution >= 0.6 is 0 Å². The fourth-order valence-corrected chi connectivity index (χ4v) is 3.68. The van der Waals surface area contributed by atoms with Gasteiger partial charge in [-0.15, -0.1) is 0 Å². The number of aromatic nitrogens is 1. The number of rotatable bonds is 5. The normalized spacial score (nSPS) is 20.3. The summed E-state index contributed by atoms with van der Waals surface area (Å²) in [6.45, 7) is 5.31. The van der Waals surface area contributed by atoms with Gasteiger partial charge in [-0.1, -0.05) is 0 Å². The van der Waals surface area contributed by atoms with Crippen LogP contribution in [0.25, 0.3) is 10.9 Å². The number of benzene rings is 1. The molecule has 23 heavy (non-hydrogen) atoms. The van der Waals surface area contributed by atoms with Gasteiger partial charge in [-0.3, -0.25) is 4.90 Å². The van der Waals surface area contributed by atoms with E-state index in [1.54, 1.807) is 7.11 Å². The summed E-state index contributed by atoms with van der Waals surface area (Å²) >= 11 is 0. The fraction of sp³-hybridized carbons (Fsp3) is 0.579. The maximum Gasteiger partial charge on any atom is 0.124 e. The molecular weight excluding hydrogens is 288 g/mol. The minimum atomic E-state index is 0.478. The molecule has 1 saturated carbocycles.